The molecule has 2 heterocycles. The van der Waals surface area contributed by atoms with E-state index in [0.717, 1.165) is 42.6 Å². The first kappa shape index (κ1) is 23.4. The highest BCUT2D eigenvalue weighted by Gasteiger charge is 2.19. The van der Waals surface area contributed by atoms with Crippen molar-refractivity contribution in [2.24, 2.45) is 0 Å². The quantitative estimate of drug-likeness (QED) is 0.300. The molecule has 1 aliphatic heterocycles. The summed E-state index contributed by atoms with van der Waals surface area (Å²) in [6, 6.07) is 26.2. The Kier molecular flexibility index (Phi) is 7.07. The van der Waals surface area contributed by atoms with Crippen LogP contribution < -0.4 is 15.4 Å². The van der Waals surface area contributed by atoms with Crippen molar-refractivity contribution in [3.63, 3.8) is 0 Å². The van der Waals surface area contributed by atoms with Crippen LogP contribution in [0.25, 0.3) is 10.9 Å². The number of hydrogen-bond donors (Lipinski definition) is 2. The van der Waals surface area contributed by atoms with Gasteiger partial charge in [-0.05, 0) is 61.4 Å². The van der Waals surface area contributed by atoms with Crippen molar-refractivity contribution in [2.45, 2.75) is 19.3 Å². The molecule has 1 fully saturated rings. The Morgan fingerprint density at radius 1 is 0.944 bits per heavy atom. The lowest BCUT2D eigenvalue weighted by Crippen LogP contribution is -2.27. The SMILES string of the molecule is O=C(Nc1ccc(Oc2ccccc2)cc1)c1cc(NCCCN2CCCC2=O)nc2ccccc12. The predicted molar refractivity (Wildman–Crippen MR) is 142 cm³/mol. The summed E-state index contributed by atoms with van der Waals surface area (Å²) >= 11 is 0. The van der Waals surface area contributed by atoms with Gasteiger partial charge >= 0.3 is 0 Å². The number of nitrogens with one attached hydrogen (secondary N) is 2. The fourth-order valence-electron chi connectivity index (χ4n) is 4.31. The molecule has 5 rings (SSSR count). The molecule has 36 heavy (non-hydrogen) atoms. The second-order valence-electron chi connectivity index (χ2n) is 8.73. The number of benzene rings is 3. The number of aromatic nitrogens is 1. The van der Waals surface area contributed by atoms with Gasteiger partial charge in [0.2, 0.25) is 5.91 Å². The summed E-state index contributed by atoms with van der Waals surface area (Å²) in [5, 5.41) is 7.09. The Bertz CT molecular complexity index is 1360. The van der Waals surface area contributed by atoms with Crippen molar-refractivity contribution >= 4 is 34.2 Å². The van der Waals surface area contributed by atoms with Crippen molar-refractivity contribution in [1.29, 1.82) is 0 Å². The molecule has 0 radical (unpaired) electrons. The van der Waals surface area contributed by atoms with E-state index in [0.29, 0.717) is 35.8 Å². The first-order chi connectivity index (χ1) is 17.7. The molecule has 2 amide bonds. The number of likely N-dealkylation sites (tertiary alicyclic amines) is 1. The van der Waals surface area contributed by atoms with Gasteiger partial charge in [-0.3, -0.25) is 9.59 Å². The summed E-state index contributed by atoms with van der Waals surface area (Å²) < 4.78 is 5.83. The number of fused-ring (bicyclic) bond motifs is 1. The first-order valence-corrected chi connectivity index (χ1v) is 12.2. The molecule has 0 atom stereocenters. The molecule has 0 bridgehead atoms. The monoisotopic (exact) mass is 480 g/mol. The maximum Gasteiger partial charge on any atom is 0.256 e. The zero-order chi connectivity index (χ0) is 24.7. The lowest BCUT2D eigenvalue weighted by Gasteiger charge is -2.16. The van der Waals surface area contributed by atoms with Crippen molar-refractivity contribution in [3.8, 4) is 11.5 Å². The average Bonchev–Trinajstić information content (AvgIpc) is 3.32. The van der Waals surface area contributed by atoms with E-state index in [1.165, 1.54) is 0 Å². The molecule has 1 aromatic heterocycles. The van der Waals surface area contributed by atoms with E-state index < -0.39 is 0 Å². The van der Waals surface area contributed by atoms with Crippen molar-refractivity contribution in [1.82, 2.24) is 9.88 Å². The normalized spacial score (nSPS) is 13.1. The van der Waals surface area contributed by atoms with Gasteiger partial charge in [-0.25, -0.2) is 4.98 Å². The number of carbonyl (C=O) groups is 2. The molecule has 1 saturated heterocycles. The van der Waals surface area contributed by atoms with Crippen LogP contribution in [-0.4, -0.2) is 41.3 Å². The Labute approximate surface area is 210 Å². The lowest BCUT2D eigenvalue weighted by molar-refractivity contribution is -0.127. The van der Waals surface area contributed by atoms with Crippen LogP contribution in [0.1, 0.15) is 29.6 Å². The molecular weight excluding hydrogens is 452 g/mol. The van der Waals surface area contributed by atoms with Crippen LogP contribution >= 0.6 is 0 Å². The minimum atomic E-state index is -0.212. The second-order valence-corrected chi connectivity index (χ2v) is 8.73. The predicted octanol–water partition coefficient (Wildman–Crippen LogP) is 5.70. The molecule has 7 heteroatoms. The minimum absolute atomic E-state index is 0.212. The van der Waals surface area contributed by atoms with E-state index in [9.17, 15) is 9.59 Å². The van der Waals surface area contributed by atoms with E-state index in [-0.39, 0.29) is 11.8 Å². The molecule has 0 spiro atoms. The fourth-order valence-corrected chi connectivity index (χ4v) is 4.31. The van der Waals surface area contributed by atoms with Gasteiger partial charge in [0.25, 0.3) is 5.91 Å². The zero-order valence-electron chi connectivity index (χ0n) is 19.9. The Morgan fingerprint density at radius 2 is 1.69 bits per heavy atom. The first-order valence-electron chi connectivity index (χ1n) is 12.2. The van der Waals surface area contributed by atoms with Gasteiger partial charge in [-0.1, -0.05) is 36.4 Å². The number of para-hydroxylation sites is 2. The van der Waals surface area contributed by atoms with Gasteiger partial charge in [-0.2, -0.15) is 0 Å². The number of pyridine rings is 1. The molecule has 4 aromatic rings. The molecule has 0 aliphatic carbocycles. The summed E-state index contributed by atoms with van der Waals surface area (Å²) in [6.45, 7) is 2.24. The topological polar surface area (TPSA) is 83.6 Å². The smallest absolute Gasteiger partial charge is 0.256 e. The van der Waals surface area contributed by atoms with Crippen molar-refractivity contribution in [2.75, 3.05) is 30.3 Å². The minimum Gasteiger partial charge on any atom is -0.457 e. The molecule has 1 aliphatic rings. The molecule has 7 nitrogen and oxygen atoms in total. The highest BCUT2D eigenvalue weighted by molar-refractivity contribution is 6.13. The lowest BCUT2D eigenvalue weighted by atomic mass is 10.1. The number of carbonyl (C=O) groups excluding carboxylic acids is 2. The molecular formula is C29H28N4O3. The number of nitrogens with zero attached hydrogens (tertiary/aromatic N) is 2. The molecule has 182 valence electrons. The summed E-state index contributed by atoms with van der Waals surface area (Å²) in [6.07, 6.45) is 2.42. The maximum absolute atomic E-state index is 13.3. The number of ether oxygens (including phenoxy) is 1. The third-order valence-electron chi connectivity index (χ3n) is 6.13. The van der Waals surface area contributed by atoms with Crippen LogP contribution in [0.2, 0.25) is 0 Å². The Morgan fingerprint density at radius 3 is 2.47 bits per heavy atom. The number of anilines is 2. The molecule has 0 saturated carbocycles. The summed E-state index contributed by atoms with van der Waals surface area (Å²) in [7, 11) is 0. The molecule has 2 N–H and O–H groups in total. The van der Waals surface area contributed by atoms with Crippen LogP contribution in [0, 0.1) is 0 Å². The van der Waals surface area contributed by atoms with Crippen LogP contribution in [0.15, 0.2) is 84.9 Å². The van der Waals surface area contributed by atoms with E-state index in [4.69, 9.17) is 4.74 Å². The highest BCUT2D eigenvalue weighted by Crippen LogP contribution is 2.25. The van der Waals surface area contributed by atoms with Gasteiger partial charge in [0.05, 0.1) is 11.1 Å². The third kappa shape index (κ3) is 5.63. The van der Waals surface area contributed by atoms with Gasteiger partial charge in [0.15, 0.2) is 0 Å². The Balaban J connectivity index is 1.26. The highest BCUT2D eigenvalue weighted by atomic mass is 16.5. The Hall–Kier alpha value is -4.39. The fraction of sp³-hybridized carbons (Fsp3) is 0.207. The van der Waals surface area contributed by atoms with E-state index in [1.807, 2.05) is 83.8 Å². The summed E-state index contributed by atoms with van der Waals surface area (Å²) in [5.41, 5.74) is 1.96. The van der Waals surface area contributed by atoms with E-state index in [2.05, 4.69) is 15.6 Å². The van der Waals surface area contributed by atoms with Crippen LogP contribution in [-0.2, 0) is 4.79 Å². The van der Waals surface area contributed by atoms with E-state index in [1.54, 1.807) is 6.07 Å². The average molecular weight is 481 g/mol. The summed E-state index contributed by atoms with van der Waals surface area (Å²) in [5.74, 6) is 2.10. The number of rotatable bonds is 9. The van der Waals surface area contributed by atoms with Gasteiger partial charge in [0.1, 0.15) is 17.3 Å². The van der Waals surface area contributed by atoms with E-state index >= 15 is 0 Å². The maximum atomic E-state index is 13.3. The van der Waals surface area contributed by atoms with Gasteiger partial charge < -0.3 is 20.3 Å². The molecule has 3 aromatic carbocycles. The number of amides is 2. The van der Waals surface area contributed by atoms with Gasteiger partial charge in [-0.15, -0.1) is 0 Å². The zero-order valence-corrected chi connectivity index (χ0v) is 19.9. The largest absolute Gasteiger partial charge is 0.457 e. The molecule has 0 unspecified atom stereocenters. The van der Waals surface area contributed by atoms with Crippen LogP contribution in [0.5, 0.6) is 11.5 Å². The summed E-state index contributed by atoms with van der Waals surface area (Å²) in [4.78, 5) is 31.6. The number of hydrogen-bond acceptors (Lipinski definition) is 5. The second kappa shape index (κ2) is 10.9. The van der Waals surface area contributed by atoms with Crippen LogP contribution in [0.4, 0.5) is 11.5 Å². The van der Waals surface area contributed by atoms with Crippen molar-refractivity contribution < 1.29 is 14.3 Å². The van der Waals surface area contributed by atoms with Gasteiger partial charge in [0, 0.05) is 37.1 Å². The van der Waals surface area contributed by atoms with Crippen LogP contribution in [0.3, 0.4) is 0 Å². The standard InChI is InChI=1S/C29H28N4O3/c34-28-12-6-18-33(28)19-7-17-30-27-20-25(24-10-4-5-11-26(24)32-27)29(35)31-21-13-15-23(16-14-21)36-22-8-2-1-3-9-22/h1-5,8-11,13-16,20H,6-7,12,17-19H2,(H,30,32)(H,31,35). The third-order valence-corrected chi connectivity index (χ3v) is 6.13. The van der Waals surface area contributed by atoms with Crippen molar-refractivity contribution in [3.05, 3.63) is 90.5 Å².